The largest absolute Gasteiger partial charge is 0.392 e. The van der Waals surface area contributed by atoms with Gasteiger partial charge in [0.1, 0.15) is 17.0 Å². The predicted octanol–water partition coefficient (Wildman–Crippen LogP) is 3.27. The van der Waals surface area contributed by atoms with Gasteiger partial charge in [-0.2, -0.15) is 0 Å². The lowest BCUT2D eigenvalue weighted by atomic mass is 10.1. The summed E-state index contributed by atoms with van der Waals surface area (Å²) in [6.07, 6.45) is 2.94. The van der Waals surface area contributed by atoms with E-state index in [1.807, 2.05) is 0 Å². The van der Waals surface area contributed by atoms with Crippen LogP contribution < -0.4 is 10.7 Å². The molecule has 0 saturated carbocycles. The maximum absolute atomic E-state index is 13.3. The number of pyridine rings is 2. The number of nitrogens with zero attached hydrogens (tertiary/aromatic N) is 2. The van der Waals surface area contributed by atoms with Crippen LogP contribution in [0.25, 0.3) is 16.7 Å². The van der Waals surface area contributed by atoms with Gasteiger partial charge in [0.05, 0.1) is 12.0 Å². The lowest BCUT2D eigenvalue weighted by Gasteiger charge is -2.13. The summed E-state index contributed by atoms with van der Waals surface area (Å²) in [7, 11) is 0. The molecule has 4 aromatic rings. The summed E-state index contributed by atoms with van der Waals surface area (Å²) in [6.45, 7) is -0.164. The van der Waals surface area contributed by atoms with Crippen LogP contribution in [0.4, 0.5) is 10.1 Å². The summed E-state index contributed by atoms with van der Waals surface area (Å²) in [6, 6.07) is 15.6. The third kappa shape index (κ3) is 3.63. The van der Waals surface area contributed by atoms with Crippen LogP contribution in [-0.2, 0) is 6.61 Å². The number of aliphatic hydroxyl groups excluding tert-OH is 1. The molecule has 1 amide bonds. The van der Waals surface area contributed by atoms with Crippen LogP contribution in [0.15, 0.2) is 77.9 Å². The van der Waals surface area contributed by atoms with Gasteiger partial charge in [-0.25, -0.2) is 9.37 Å². The Labute approximate surface area is 164 Å². The highest BCUT2D eigenvalue weighted by atomic mass is 19.1. The molecule has 0 spiro atoms. The molecule has 4 rings (SSSR count). The summed E-state index contributed by atoms with van der Waals surface area (Å²) < 4.78 is 14.9. The summed E-state index contributed by atoms with van der Waals surface area (Å²) in [4.78, 5) is 30.0. The summed E-state index contributed by atoms with van der Waals surface area (Å²) in [5, 5.41) is 12.2. The van der Waals surface area contributed by atoms with E-state index < -0.39 is 17.2 Å². The number of hydrogen-bond donors (Lipinski definition) is 2. The van der Waals surface area contributed by atoms with Gasteiger partial charge in [0.2, 0.25) is 5.43 Å². The van der Waals surface area contributed by atoms with Crippen molar-refractivity contribution in [1.82, 2.24) is 9.55 Å². The Hall–Kier alpha value is -3.84. The maximum Gasteiger partial charge on any atom is 0.261 e. The number of rotatable bonds is 4. The maximum atomic E-state index is 13.3. The lowest BCUT2D eigenvalue weighted by molar-refractivity contribution is 0.102. The number of hydrogen-bond acceptors (Lipinski definition) is 4. The first kappa shape index (κ1) is 18.5. The van der Waals surface area contributed by atoms with Gasteiger partial charge < -0.3 is 15.0 Å². The molecule has 29 heavy (non-hydrogen) atoms. The molecule has 0 saturated heterocycles. The van der Waals surface area contributed by atoms with Gasteiger partial charge in [-0.1, -0.05) is 12.1 Å². The second-order valence-corrected chi connectivity index (χ2v) is 6.41. The Morgan fingerprint density at radius 2 is 1.90 bits per heavy atom. The van der Waals surface area contributed by atoms with Crippen LogP contribution >= 0.6 is 0 Å². The van der Waals surface area contributed by atoms with Crippen LogP contribution in [0.2, 0.25) is 0 Å². The van der Waals surface area contributed by atoms with Crippen LogP contribution in [0.3, 0.4) is 0 Å². The summed E-state index contributed by atoms with van der Waals surface area (Å²) >= 11 is 0. The first-order valence-corrected chi connectivity index (χ1v) is 8.84. The third-order valence-corrected chi connectivity index (χ3v) is 4.48. The molecule has 0 aliphatic rings. The number of carbonyl (C=O) groups excluding carboxylic acids is 1. The van der Waals surface area contributed by atoms with Crippen molar-refractivity contribution in [2.24, 2.45) is 0 Å². The Balaban J connectivity index is 1.84. The molecule has 2 aromatic carbocycles. The topological polar surface area (TPSA) is 84.2 Å². The molecule has 2 N–H and O–H groups in total. The molecule has 0 atom stereocenters. The van der Waals surface area contributed by atoms with Crippen molar-refractivity contribution >= 4 is 22.6 Å². The van der Waals surface area contributed by atoms with Crippen molar-refractivity contribution in [1.29, 1.82) is 0 Å². The van der Waals surface area contributed by atoms with E-state index in [0.717, 1.165) is 0 Å². The number of nitrogens with one attached hydrogen (secondary N) is 1. The van der Waals surface area contributed by atoms with E-state index in [9.17, 15) is 19.1 Å². The van der Waals surface area contributed by atoms with Crippen LogP contribution in [0, 0.1) is 5.82 Å². The van der Waals surface area contributed by atoms with Crippen molar-refractivity contribution in [2.45, 2.75) is 6.61 Å². The van der Waals surface area contributed by atoms with E-state index >= 15 is 0 Å². The average Bonchev–Trinajstić information content (AvgIpc) is 2.75. The summed E-state index contributed by atoms with van der Waals surface area (Å²) in [5.74, 6) is -0.986. The fourth-order valence-electron chi connectivity index (χ4n) is 3.07. The van der Waals surface area contributed by atoms with E-state index in [1.54, 1.807) is 59.3 Å². The number of amides is 1. The highest BCUT2D eigenvalue weighted by Crippen LogP contribution is 2.18. The quantitative estimate of drug-likeness (QED) is 0.561. The second-order valence-electron chi connectivity index (χ2n) is 6.41. The SMILES string of the molecule is O=C(Nc1cccc(CO)c1)c1cn(-c2ccc(F)cc2)c2ncccc2c1=O. The molecule has 0 radical (unpaired) electrons. The van der Waals surface area contributed by atoms with Gasteiger partial charge in [-0.05, 0) is 54.1 Å². The Morgan fingerprint density at radius 3 is 2.66 bits per heavy atom. The number of carbonyl (C=O) groups is 1. The molecule has 2 heterocycles. The number of aromatic nitrogens is 2. The summed E-state index contributed by atoms with van der Waals surface area (Å²) in [5.41, 5.74) is 1.48. The van der Waals surface area contributed by atoms with E-state index in [4.69, 9.17) is 0 Å². The zero-order chi connectivity index (χ0) is 20.4. The number of halogens is 1. The van der Waals surface area contributed by atoms with Gasteiger partial charge in [0.25, 0.3) is 5.91 Å². The van der Waals surface area contributed by atoms with Crippen molar-refractivity contribution in [3.63, 3.8) is 0 Å². The molecule has 7 heteroatoms. The minimum Gasteiger partial charge on any atom is -0.392 e. The molecule has 6 nitrogen and oxygen atoms in total. The third-order valence-electron chi connectivity index (χ3n) is 4.48. The van der Waals surface area contributed by atoms with Crippen molar-refractivity contribution in [2.75, 3.05) is 5.32 Å². The molecule has 0 bridgehead atoms. The predicted molar refractivity (Wildman–Crippen MR) is 108 cm³/mol. The number of fused-ring (bicyclic) bond motifs is 1. The highest BCUT2D eigenvalue weighted by molar-refractivity contribution is 6.05. The number of anilines is 1. The van der Waals surface area contributed by atoms with Gasteiger partial charge in [0.15, 0.2) is 0 Å². The van der Waals surface area contributed by atoms with Crippen molar-refractivity contribution in [3.8, 4) is 5.69 Å². The smallest absolute Gasteiger partial charge is 0.261 e. The second kappa shape index (κ2) is 7.65. The Bertz CT molecular complexity index is 1270. The van der Waals surface area contributed by atoms with Gasteiger partial charge >= 0.3 is 0 Å². The molecule has 0 aliphatic carbocycles. The standard InChI is InChI=1S/C22H16FN3O3/c23-15-6-8-17(9-7-15)26-12-19(20(28)18-5-2-10-24-21(18)26)22(29)25-16-4-1-3-14(11-16)13-27/h1-12,27H,13H2,(H,25,29). The first-order chi connectivity index (χ1) is 14.1. The van der Waals surface area contributed by atoms with E-state index in [-0.39, 0.29) is 17.6 Å². The first-order valence-electron chi connectivity index (χ1n) is 8.84. The molecule has 0 aliphatic heterocycles. The van der Waals surface area contributed by atoms with Gasteiger partial charge in [-0.3, -0.25) is 9.59 Å². The van der Waals surface area contributed by atoms with Gasteiger partial charge in [-0.15, -0.1) is 0 Å². The van der Waals surface area contributed by atoms with E-state index in [1.165, 1.54) is 18.3 Å². The number of aliphatic hydroxyl groups is 1. The highest BCUT2D eigenvalue weighted by Gasteiger charge is 2.17. The lowest BCUT2D eigenvalue weighted by Crippen LogP contribution is -2.24. The minimum atomic E-state index is -0.591. The van der Waals surface area contributed by atoms with Crippen molar-refractivity contribution < 1.29 is 14.3 Å². The van der Waals surface area contributed by atoms with E-state index in [2.05, 4.69) is 10.3 Å². The minimum absolute atomic E-state index is 0.0794. The molecular weight excluding hydrogens is 373 g/mol. The monoisotopic (exact) mass is 389 g/mol. The normalized spacial score (nSPS) is 10.8. The van der Waals surface area contributed by atoms with Gasteiger partial charge in [0, 0.05) is 23.8 Å². The zero-order valence-corrected chi connectivity index (χ0v) is 15.2. The van der Waals surface area contributed by atoms with Crippen LogP contribution in [-0.4, -0.2) is 20.6 Å². The van der Waals surface area contributed by atoms with Crippen molar-refractivity contribution in [3.05, 3.63) is 100 Å². The fraction of sp³-hybridized carbons (Fsp3) is 0.0455. The number of benzene rings is 2. The molecule has 2 aromatic heterocycles. The Morgan fingerprint density at radius 1 is 1.10 bits per heavy atom. The van der Waals surface area contributed by atoms with Crippen LogP contribution in [0.5, 0.6) is 0 Å². The fourth-order valence-corrected chi connectivity index (χ4v) is 3.07. The molecule has 0 unspecified atom stereocenters. The molecule has 0 fully saturated rings. The average molecular weight is 389 g/mol. The Kier molecular flexibility index (Phi) is 4.88. The molecular formula is C22H16FN3O3. The molecule has 144 valence electrons. The van der Waals surface area contributed by atoms with E-state index in [0.29, 0.717) is 22.6 Å². The zero-order valence-electron chi connectivity index (χ0n) is 15.2. The van der Waals surface area contributed by atoms with Crippen LogP contribution in [0.1, 0.15) is 15.9 Å².